The number of rotatable bonds is 7. The third-order valence-corrected chi connectivity index (χ3v) is 7.52. The Labute approximate surface area is 198 Å². The zero-order valence-electron chi connectivity index (χ0n) is 19.0. The van der Waals surface area contributed by atoms with Crippen LogP contribution in [0.15, 0.2) is 48.5 Å². The number of fused-ring (bicyclic) bond motifs is 3. The molecule has 2 saturated carbocycles. The minimum Gasteiger partial charge on any atom is -0.481 e. The van der Waals surface area contributed by atoms with Crippen LogP contribution in [0, 0.1) is 17.8 Å². The van der Waals surface area contributed by atoms with Crippen LogP contribution < -0.4 is 10.6 Å². The Kier molecular flexibility index (Phi) is 6.26. The summed E-state index contributed by atoms with van der Waals surface area (Å²) in [6.07, 6.45) is 3.35. The molecule has 2 aromatic rings. The molecule has 0 radical (unpaired) electrons. The summed E-state index contributed by atoms with van der Waals surface area (Å²) in [5, 5.41) is 15.1. The van der Waals surface area contributed by atoms with Gasteiger partial charge in [-0.05, 0) is 47.4 Å². The molecule has 3 N–H and O–H groups in total. The molecule has 2 amide bonds. The highest BCUT2D eigenvalue weighted by atomic mass is 16.5. The number of hydrogen-bond acceptors (Lipinski definition) is 4. The molecule has 0 heterocycles. The molecule has 0 aromatic heterocycles. The number of carboxylic acid groups (broad SMARTS) is 1. The predicted molar refractivity (Wildman–Crippen MR) is 126 cm³/mol. The first-order valence-electron chi connectivity index (χ1n) is 12.1. The van der Waals surface area contributed by atoms with Gasteiger partial charge in [0.05, 0.1) is 5.92 Å². The molecule has 178 valence electrons. The van der Waals surface area contributed by atoms with E-state index in [1.165, 1.54) is 11.1 Å². The number of alkyl carbamates (subject to hydrolysis) is 1. The fourth-order valence-electron chi connectivity index (χ4n) is 5.55. The second-order valence-electron chi connectivity index (χ2n) is 9.65. The summed E-state index contributed by atoms with van der Waals surface area (Å²) in [6, 6.07) is 16.1. The van der Waals surface area contributed by atoms with Crippen LogP contribution in [-0.4, -0.2) is 42.3 Å². The van der Waals surface area contributed by atoms with Gasteiger partial charge in [0.1, 0.15) is 6.61 Å². The van der Waals surface area contributed by atoms with Gasteiger partial charge in [-0.2, -0.15) is 0 Å². The molecule has 7 nitrogen and oxygen atoms in total. The van der Waals surface area contributed by atoms with Crippen LogP contribution >= 0.6 is 0 Å². The first-order chi connectivity index (χ1) is 16.5. The molecule has 0 aliphatic heterocycles. The van der Waals surface area contributed by atoms with Gasteiger partial charge in [0.15, 0.2) is 0 Å². The van der Waals surface area contributed by atoms with Gasteiger partial charge in [0.25, 0.3) is 0 Å². The Hall–Kier alpha value is -3.35. The summed E-state index contributed by atoms with van der Waals surface area (Å²) in [4.78, 5) is 36.4. The van der Waals surface area contributed by atoms with Crippen LogP contribution in [0.5, 0.6) is 0 Å². The monoisotopic (exact) mass is 462 g/mol. The van der Waals surface area contributed by atoms with Crippen molar-refractivity contribution in [3.63, 3.8) is 0 Å². The minimum absolute atomic E-state index is 0.00951. The largest absolute Gasteiger partial charge is 0.481 e. The second-order valence-corrected chi connectivity index (χ2v) is 9.65. The highest BCUT2D eigenvalue weighted by Crippen LogP contribution is 2.44. The Morgan fingerprint density at radius 2 is 1.56 bits per heavy atom. The van der Waals surface area contributed by atoms with Crippen molar-refractivity contribution in [2.45, 2.75) is 44.1 Å². The lowest BCUT2D eigenvalue weighted by Crippen LogP contribution is -2.46. The maximum Gasteiger partial charge on any atom is 0.407 e. The maximum atomic E-state index is 12.6. The van der Waals surface area contributed by atoms with E-state index in [-0.39, 0.29) is 36.3 Å². The molecule has 4 atom stereocenters. The highest BCUT2D eigenvalue weighted by Gasteiger charge is 2.44. The number of carboxylic acids is 1. The van der Waals surface area contributed by atoms with Gasteiger partial charge in [-0.15, -0.1) is 0 Å². The van der Waals surface area contributed by atoms with Crippen molar-refractivity contribution in [2.24, 2.45) is 17.8 Å². The van der Waals surface area contributed by atoms with Crippen molar-refractivity contribution in [1.82, 2.24) is 10.6 Å². The first kappa shape index (κ1) is 22.4. The van der Waals surface area contributed by atoms with E-state index in [2.05, 4.69) is 34.9 Å². The Morgan fingerprint density at radius 3 is 2.24 bits per heavy atom. The van der Waals surface area contributed by atoms with Gasteiger partial charge in [-0.25, -0.2) is 4.79 Å². The highest BCUT2D eigenvalue weighted by molar-refractivity contribution is 5.83. The van der Waals surface area contributed by atoms with Gasteiger partial charge >= 0.3 is 12.1 Å². The molecule has 7 heteroatoms. The SMILES string of the molecule is O=C(NCC1CC1C(=O)NC1CCCCC1C(=O)O)OCC1c2ccccc2-c2ccccc21. The topological polar surface area (TPSA) is 105 Å². The maximum absolute atomic E-state index is 12.6. The number of aliphatic carboxylic acids is 1. The second kappa shape index (κ2) is 9.49. The van der Waals surface area contributed by atoms with E-state index < -0.39 is 18.0 Å². The summed E-state index contributed by atoms with van der Waals surface area (Å²) in [5.41, 5.74) is 4.69. The third-order valence-electron chi connectivity index (χ3n) is 7.52. The van der Waals surface area contributed by atoms with E-state index in [0.29, 0.717) is 25.8 Å². The van der Waals surface area contributed by atoms with E-state index in [1.807, 2.05) is 24.3 Å². The van der Waals surface area contributed by atoms with Crippen LogP contribution in [0.1, 0.15) is 49.1 Å². The fourth-order valence-corrected chi connectivity index (χ4v) is 5.55. The van der Waals surface area contributed by atoms with Crippen LogP contribution in [0.4, 0.5) is 4.79 Å². The number of ether oxygens (including phenoxy) is 1. The smallest absolute Gasteiger partial charge is 0.407 e. The lowest BCUT2D eigenvalue weighted by Gasteiger charge is -2.29. The fraction of sp³-hybridized carbons (Fsp3) is 0.444. The van der Waals surface area contributed by atoms with Gasteiger partial charge in [0.2, 0.25) is 5.91 Å². The van der Waals surface area contributed by atoms with Crippen molar-refractivity contribution in [3.8, 4) is 11.1 Å². The molecule has 0 bridgehead atoms. The standard InChI is InChI=1S/C27H30N2O5/c30-25(29-24-12-6-5-11-21(24)26(31)32)22-13-16(22)14-28-27(33)34-15-23-19-9-3-1-7-17(19)18-8-2-4-10-20(18)23/h1-4,7-10,16,21-24H,5-6,11-15H2,(H,28,33)(H,29,30)(H,31,32). The zero-order chi connectivity index (χ0) is 23.7. The van der Waals surface area contributed by atoms with E-state index >= 15 is 0 Å². The molecular formula is C27H30N2O5. The minimum atomic E-state index is -0.839. The molecular weight excluding hydrogens is 432 g/mol. The molecule has 3 aliphatic rings. The summed E-state index contributed by atoms with van der Waals surface area (Å²) in [7, 11) is 0. The van der Waals surface area contributed by atoms with Crippen LogP contribution in [0.3, 0.4) is 0 Å². The Morgan fingerprint density at radius 1 is 0.912 bits per heavy atom. The summed E-state index contributed by atoms with van der Waals surface area (Å²) >= 11 is 0. The molecule has 0 spiro atoms. The van der Waals surface area contributed by atoms with E-state index in [0.717, 1.165) is 24.0 Å². The van der Waals surface area contributed by atoms with E-state index in [9.17, 15) is 19.5 Å². The molecule has 34 heavy (non-hydrogen) atoms. The van der Waals surface area contributed by atoms with E-state index in [4.69, 9.17) is 4.74 Å². The molecule has 0 saturated heterocycles. The average Bonchev–Trinajstić information content (AvgIpc) is 3.57. The van der Waals surface area contributed by atoms with Crippen molar-refractivity contribution < 1.29 is 24.2 Å². The normalized spacial score (nSPS) is 25.1. The first-order valence-corrected chi connectivity index (χ1v) is 12.1. The zero-order valence-corrected chi connectivity index (χ0v) is 19.0. The van der Waals surface area contributed by atoms with Crippen molar-refractivity contribution >= 4 is 18.0 Å². The number of carbonyl (C=O) groups is 3. The third kappa shape index (κ3) is 4.52. The van der Waals surface area contributed by atoms with Gasteiger partial charge < -0.3 is 20.5 Å². The van der Waals surface area contributed by atoms with Gasteiger partial charge in [0, 0.05) is 24.4 Å². The number of benzene rings is 2. The van der Waals surface area contributed by atoms with Crippen LogP contribution in [0.2, 0.25) is 0 Å². The summed E-state index contributed by atoms with van der Waals surface area (Å²) < 4.78 is 5.56. The number of nitrogens with one attached hydrogen (secondary N) is 2. The predicted octanol–water partition coefficient (Wildman–Crippen LogP) is 3.92. The van der Waals surface area contributed by atoms with Crippen molar-refractivity contribution in [3.05, 3.63) is 59.7 Å². The molecule has 2 aromatic carbocycles. The van der Waals surface area contributed by atoms with E-state index in [1.54, 1.807) is 0 Å². The number of carbonyl (C=O) groups excluding carboxylic acids is 2. The molecule has 3 aliphatic carbocycles. The van der Waals surface area contributed by atoms with Gasteiger partial charge in [-0.3, -0.25) is 9.59 Å². The molecule has 4 unspecified atom stereocenters. The van der Waals surface area contributed by atoms with Crippen LogP contribution in [-0.2, 0) is 14.3 Å². The molecule has 5 rings (SSSR count). The lowest BCUT2D eigenvalue weighted by atomic mass is 9.84. The van der Waals surface area contributed by atoms with Crippen LogP contribution in [0.25, 0.3) is 11.1 Å². The Bertz CT molecular complexity index is 1050. The quantitative estimate of drug-likeness (QED) is 0.579. The summed E-state index contributed by atoms with van der Waals surface area (Å²) in [6.45, 7) is 0.633. The van der Waals surface area contributed by atoms with Gasteiger partial charge in [-0.1, -0.05) is 61.4 Å². The Balaban J connectivity index is 1.09. The number of amides is 2. The average molecular weight is 463 g/mol. The van der Waals surface area contributed by atoms with Crippen molar-refractivity contribution in [1.29, 1.82) is 0 Å². The summed E-state index contributed by atoms with van der Waals surface area (Å²) in [5.74, 6) is -1.55. The lowest BCUT2D eigenvalue weighted by molar-refractivity contribution is -0.144. The van der Waals surface area contributed by atoms with Crippen molar-refractivity contribution in [2.75, 3.05) is 13.2 Å². The number of hydrogen-bond donors (Lipinski definition) is 3. The molecule has 2 fully saturated rings.